The maximum atomic E-state index is 14.2. The summed E-state index contributed by atoms with van der Waals surface area (Å²) < 4.78 is 1.87. The Bertz CT molecular complexity index is 1340. The van der Waals surface area contributed by atoms with Crippen LogP contribution in [0.2, 0.25) is 0 Å². The number of fused-ring (bicyclic) bond motifs is 1. The first-order valence-electron chi connectivity index (χ1n) is 13.5. The van der Waals surface area contributed by atoms with Gasteiger partial charge in [-0.1, -0.05) is 68.5 Å². The maximum Gasteiger partial charge on any atom is 0.234 e. The highest BCUT2D eigenvalue weighted by molar-refractivity contribution is 5.98. The summed E-state index contributed by atoms with van der Waals surface area (Å²) in [5, 5.41) is 15.0. The third-order valence-corrected chi connectivity index (χ3v) is 7.17. The Morgan fingerprint density at radius 1 is 1.24 bits per heavy atom. The van der Waals surface area contributed by atoms with Crippen molar-refractivity contribution in [3.05, 3.63) is 113 Å². The van der Waals surface area contributed by atoms with Crippen molar-refractivity contribution in [3.8, 4) is 5.75 Å². The fourth-order valence-electron chi connectivity index (χ4n) is 5.25. The van der Waals surface area contributed by atoms with Gasteiger partial charge in [-0.05, 0) is 79.5 Å². The molecule has 1 aliphatic rings. The van der Waals surface area contributed by atoms with Crippen molar-refractivity contribution in [2.75, 3.05) is 4.90 Å². The van der Waals surface area contributed by atoms with Gasteiger partial charge in [0.05, 0.1) is 25.2 Å². The molecule has 1 aromatic heterocycles. The highest BCUT2D eigenvalue weighted by Gasteiger charge is 2.32. The first kappa shape index (κ1) is 27.2. The molecule has 0 saturated heterocycles. The molecule has 0 fully saturated rings. The molecule has 198 valence electrons. The van der Waals surface area contributed by atoms with Crippen LogP contribution in [0, 0.1) is 0 Å². The second-order valence-electron chi connectivity index (χ2n) is 10.6. The molecule has 0 radical (unpaired) electrons. The van der Waals surface area contributed by atoms with Crippen molar-refractivity contribution in [1.29, 1.82) is 0 Å². The summed E-state index contributed by atoms with van der Waals surface area (Å²) in [7, 11) is 0. The summed E-state index contributed by atoms with van der Waals surface area (Å²) in [6.45, 7) is 13.6. The number of benzene rings is 2. The topological polar surface area (TPSA) is 58.4 Å². The van der Waals surface area contributed by atoms with E-state index in [4.69, 9.17) is 0 Å². The number of rotatable bonds is 9. The van der Waals surface area contributed by atoms with Crippen LogP contribution in [-0.4, -0.2) is 20.8 Å². The van der Waals surface area contributed by atoms with Crippen molar-refractivity contribution < 1.29 is 9.90 Å². The van der Waals surface area contributed by atoms with Gasteiger partial charge in [0.1, 0.15) is 5.75 Å². The number of aromatic hydroxyl groups is 1. The number of carbonyl (C=O) groups is 1. The van der Waals surface area contributed by atoms with Crippen LogP contribution in [0.3, 0.4) is 0 Å². The Morgan fingerprint density at radius 3 is 2.71 bits per heavy atom. The number of aromatic nitrogens is 2. The largest absolute Gasteiger partial charge is 0.508 e. The molecule has 4 rings (SSSR count). The van der Waals surface area contributed by atoms with Crippen LogP contribution in [0.1, 0.15) is 74.6 Å². The maximum absolute atomic E-state index is 14.2. The number of hydrogen-bond donors (Lipinski definition) is 1. The monoisotopic (exact) mass is 509 g/mol. The van der Waals surface area contributed by atoms with Gasteiger partial charge >= 0.3 is 0 Å². The van der Waals surface area contributed by atoms with E-state index in [-0.39, 0.29) is 17.6 Å². The van der Waals surface area contributed by atoms with E-state index in [2.05, 4.69) is 56.7 Å². The van der Waals surface area contributed by atoms with Crippen molar-refractivity contribution in [3.63, 3.8) is 0 Å². The zero-order valence-corrected chi connectivity index (χ0v) is 23.0. The lowest BCUT2D eigenvalue weighted by atomic mass is 9.81. The van der Waals surface area contributed by atoms with E-state index in [1.54, 1.807) is 6.07 Å². The van der Waals surface area contributed by atoms with Crippen molar-refractivity contribution >= 4 is 11.6 Å². The fraction of sp³-hybridized carbons (Fsp3) is 0.333. The molecule has 0 saturated carbocycles. The smallest absolute Gasteiger partial charge is 0.234 e. The average molecular weight is 510 g/mol. The lowest BCUT2D eigenvalue weighted by Crippen LogP contribution is -2.36. The molecule has 2 aromatic carbocycles. The van der Waals surface area contributed by atoms with Gasteiger partial charge < -0.3 is 10.0 Å². The van der Waals surface area contributed by atoms with Crippen LogP contribution in [0.5, 0.6) is 5.75 Å². The fourth-order valence-corrected chi connectivity index (χ4v) is 5.25. The summed E-state index contributed by atoms with van der Waals surface area (Å²) in [5.74, 6) is 0.465. The number of phenols is 1. The second-order valence-corrected chi connectivity index (χ2v) is 10.6. The number of amides is 1. The van der Waals surface area contributed by atoms with Crippen molar-refractivity contribution in [2.24, 2.45) is 0 Å². The molecule has 3 aromatic rings. The molecule has 0 spiro atoms. The Balaban J connectivity index is 1.61. The molecule has 1 atom stereocenters. The number of allylic oxidation sites excluding steroid dienone is 5. The number of carbonyl (C=O) groups excluding carboxylic acids is 1. The van der Waals surface area contributed by atoms with Gasteiger partial charge in [0.25, 0.3) is 0 Å². The molecule has 1 unspecified atom stereocenters. The Kier molecular flexibility index (Phi) is 8.67. The molecule has 1 N–H and O–H groups in total. The summed E-state index contributed by atoms with van der Waals surface area (Å²) in [6.07, 6.45) is 12.4. The standard InChI is InChI=1S/C33H39N3O2/c1-6-9-24(4)18-25(5)20-35-21-26(19-34-35)22-36(28-16-14-27(15-17-28)23(2)3)33(38)31-12-7-11-30-29(31)10-8-13-32(30)37/h6,8-10,13-19,21,23,31,37H,5,7,11-12,20,22H2,1-4H3/b9-6-,24-18-. The van der Waals surface area contributed by atoms with Crippen LogP contribution in [-0.2, 0) is 24.3 Å². The van der Waals surface area contributed by atoms with E-state index in [1.807, 2.05) is 59.2 Å². The third-order valence-electron chi connectivity index (χ3n) is 7.17. The zero-order chi connectivity index (χ0) is 27.2. The van der Waals surface area contributed by atoms with Gasteiger partial charge in [-0.15, -0.1) is 0 Å². The number of nitrogens with zero attached hydrogens (tertiary/aromatic N) is 3. The van der Waals surface area contributed by atoms with Crippen molar-refractivity contribution in [2.45, 2.75) is 71.9 Å². The van der Waals surface area contributed by atoms with Crippen LogP contribution < -0.4 is 4.90 Å². The predicted octanol–water partition coefficient (Wildman–Crippen LogP) is 7.44. The number of hydrogen-bond acceptors (Lipinski definition) is 3. The molecule has 0 aliphatic heterocycles. The number of phenolic OH excluding ortho intramolecular Hbond substituents is 1. The minimum absolute atomic E-state index is 0.0518. The van der Waals surface area contributed by atoms with Gasteiger partial charge in [0.15, 0.2) is 0 Å². The van der Waals surface area contributed by atoms with Gasteiger partial charge in [-0.3, -0.25) is 9.48 Å². The summed E-state index contributed by atoms with van der Waals surface area (Å²) in [5.41, 5.74) is 7.02. The average Bonchev–Trinajstić information content (AvgIpc) is 3.33. The molecule has 1 aliphatic carbocycles. The third kappa shape index (κ3) is 6.34. The van der Waals surface area contributed by atoms with Crippen molar-refractivity contribution in [1.82, 2.24) is 9.78 Å². The Labute approximate surface area is 226 Å². The summed E-state index contributed by atoms with van der Waals surface area (Å²) in [6, 6.07) is 13.8. The van der Waals surface area contributed by atoms with E-state index in [0.717, 1.165) is 52.8 Å². The molecule has 5 heteroatoms. The van der Waals surface area contributed by atoms with Gasteiger partial charge in [0, 0.05) is 17.4 Å². The van der Waals surface area contributed by atoms with Crippen LogP contribution in [0.25, 0.3) is 0 Å². The van der Waals surface area contributed by atoms with E-state index in [0.29, 0.717) is 19.0 Å². The SMILES string of the molecule is C=C(/C=C(C)\C=C/C)Cn1cc(CN(C(=O)C2CCCc3c(O)cccc32)c2ccc(C(C)C)cc2)cn1. The first-order valence-corrected chi connectivity index (χ1v) is 13.5. The Morgan fingerprint density at radius 2 is 2.00 bits per heavy atom. The molecule has 1 heterocycles. The van der Waals surface area contributed by atoms with Gasteiger partial charge in [-0.2, -0.15) is 5.10 Å². The highest BCUT2D eigenvalue weighted by Crippen LogP contribution is 2.38. The molecular weight excluding hydrogens is 470 g/mol. The van der Waals surface area contributed by atoms with E-state index in [9.17, 15) is 9.90 Å². The second kappa shape index (κ2) is 12.1. The highest BCUT2D eigenvalue weighted by atomic mass is 16.3. The quantitative estimate of drug-likeness (QED) is 0.305. The van der Waals surface area contributed by atoms with Crippen LogP contribution in [0.15, 0.2) is 90.8 Å². The summed E-state index contributed by atoms with van der Waals surface area (Å²) in [4.78, 5) is 16.0. The Hall–Kier alpha value is -3.86. The van der Waals surface area contributed by atoms with E-state index in [1.165, 1.54) is 5.56 Å². The van der Waals surface area contributed by atoms with Gasteiger partial charge in [0.2, 0.25) is 5.91 Å². The normalized spacial score (nSPS) is 15.6. The molecular formula is C33H39N3O2. The van der Waals surface area contributed by atoms with Gasteiger partial charge in [-0.25, -0.2) is 0 Å². The predicted molar refractivity (Wildman–Crippen MR) is 155 cm³/mol. The van der Waals surface area contributed by atoms with Crippen LogP contribution in [0.4, 0.5) is 5.69 Å². The molecule has 5 nitrogen and oxygen atoms in total. The number of anilines is 1. The lowest BCUT2D eigenvalue weighted by molar-refractivity contribution is -0.120. The molecule has 0 bridgehead atoms. The zero-order valence-electron chi connectivity index (χ0n) is 23.0. The van der Waals surface area contributed by atoms with E-state index < -0.39 is 0 Å². The lowest BCUT2D eigenvalue weighted by Gasteiger charge is -2.31. The van der Waals surface area contributed by atoms with Crippen LogP contribution >= 0.6 is 0 Å². The first-order chi connectivity index (χ1) is 18.3. The van der Waals surface area contributed by atoms with E-state index >= 15 is 0 Å². The molecule has 38 heavy (non-hydrogen) atoms. The minimum atomic E-state index is -0.287. The summed E-state index contributed by atoms with van der Waals surface area (Å²) >= 11 is 0. The minimum Gasteiger partial charge on any atom is -0.508 e. The molecule has 1 amide bonds.